The summed E-state index contributed by atoms with van der Waals surface area (Å²) in [5.74, 6) is 1.52. The third-order valence-electron chi connectivity index (χ3n) is 4.79. The number of nitrogens with zero attached hydrogens (tertiary/aromatic N) is 1. The maximum Gasteiger partial charge on any atom is 0.161 e. The molecule has 3 rings (SSSR count). The largest absolute Gasteiger partial charge is 0.490 e. The minimum atomic E-state index is 0.419. The second-order valence-corrected chi connectivity index (χ2v) is 7.27. The van der Waals surface area contributed by atoms with Crippen LogP contribution in [0.2, 0.25) is 5.02 Å². The number of hydrogen-bond acceptors (Lipinski definition) is 5. The molecule has 2 aromatic rings. The van der Waals surface area contributed by atoms with E-state index in [4.69, 9.17) is 21.1 Å². The van der Waals surface area contributed by atoms with E-state index in [2.05, 4.69) is 27.7 Å². The lowest BCUT2D eigenvalue weighted by Gasteiger charge is -2.27. The Bertz CT molecular complexity index is 735. The number of hydrogen-bond donors (Lipinski definition) is 2. The van der Waals surface area contributed by atoms with Crippen molar-refractivity contribution in [2.24, 2.45) is 0 Å². The minimum Gasteiger partial charge on any atom is -0.490 e. The molecule has 152 valence electrons. The lowest BCUT2D eigenvalue weighted by atomic mass is 10.2. The molecule has 0 atom stereocenters. The van der Waals surface area contributed by atoms with Crippen LogP contribution in [0, 0.1) is 0 Å². The fourth-order valence-corrected chi connectivity index (χ4v) is 3.42. The van der Waals surface area contributed by atoms with Crippen molar-refractivity contribution in [3.8, 4) is 11.5 Å². The van der Waals surface area contributed by atoms with Crippen molar-refractivity contribution >= 4 is 11.6 Å². The van der Waals surface area contributed by atoms with Gasteiger partial charge in [-0.2, -0.15) is 0 Å². The average molecular weight is 404 g/mol. The van der Waals surface area contributed by atoms with Crippen molar-refractivity contribution in [2.45, 2.75) is 20.1 Å². The molecule has 28 heavy (non-hydrogen) atoms. The van der Waals surface area contributed by atoms with Gasteiger partial charge in [-0.1, -0.05) is 35.9 Å². The Morgan fingerprint density at radius 2 is 1.89 bits per heavy atom. The number of halogens is 1. The summed E-state index contributed by atoms with van der Waals surface area (Å²) in [6.07, 6.45) is 0. The van der Waals surface area contributed by atoms with Gasteiger partial charge in [-0.3, -0.25) is 4.90 Å². The first kappa shape index (κ1) is 20.9. The molecule has 1 aliphatic heterocycles. The molecule has 2 N–H and O–H groups in total. The molecular weight excluding hydrogens is 374 g/mol. The van der Waals surface area contributed by atoms with E-state index < -0.39 is 0 Å². The van der Waals surface area contributed by atoms with E-state index >= 15 is 0 Å². The molecule has 0 bridgehead atoms. The molecule has 1 aliphatic rings. The van der Waals surface area contributed by atoms with Gasteiger partial charge in [0, 0.05) is 56.4 Å². The van der Waals surface area contributed by atoms with Crippen LogP contribution in [0.1, 0.15) is 18.1 Å². The summed E-state index contributed by atoms with van der Waals surface area (Å²) in [4.78, 5) is 2.49. The fraction of sp³-hybridized carbons (Fsp3) is 0.455. The molecule has 0 amide bonds. The first-order valence-corrected chi connectivity index (χ1v) is 10.4. The van der Waals surface area contributed by atoms with Crippen molar-refractivity contribution in [3.05, 3.63) is 58.6 Å². The summed E-state index contributed by atoms with van der Waals surface area (Å²) in [6.45, 7) is 10.3. The van der Waals surface area contributed by atoms with Gasteiger partial charge in [0.15, 0.2) is 11.5 Å². The molecular formula is C22H30ClN3O2. The predicted molar refractivity (Wildman–Crippen MR) is 114 cm³/mol. The van der Waals surface area contributed by atoms with Crippen molar-refractivity contribution in [2.75, 3.05) is 45.9 Å². The fourth-order valence-electron chi connectivity index (χ4n) is 3.23. The highest BCUT2D eigenvalue weighted by atomic mass is 35.5. The van der Waals surface area contributed by atoms with Gasteiger partial charge in [0.25, 0.3) is 0 Å². The predicted octanol–water partition coefficient (Wildman–Crippen LogP) is 3.31. The molecule has 6 heteroatoms. The van der Waals surface area contributed by atoms with Gasteiger partial charge < -0.3 is 20.1 Å². The molecule has 5 nitrogen and oxygen atoms in total. The van der Waals surface area contributed by atoms with E-state index in [1.807, 2.05) is 37.3 Å². The molecule has 0 aromatic heterocycles. The van der Waals surface area contributed by atoms with Crippen molar-refractivity contribution in [1.82, 2.24) is 15.5 Å². The molecule has 1 saturated heterocycles. The summed E-state index contributed by atoms with van der Waals surface area (Å²) in [7, 11) is 0. The molecule has 1 fully saturated rings. The molecule has 0 aliphatic carbocycles. The van der Waals surface area contributed by atoms with Gasteiger partial charge in [0.2, 0.25) is 0 Å². The summed E-state index contributed by atoms with van der Waals surface area (Å²) >= 11 is 6.22. The van der Waals surface area contributed by atoms with Crippen LogP contribution in [0.4, 0.5) is 0 Å². The van der Waals surface area contributed by atoms with Crippen LogP contribution >= 0.6 is 11.6 Å². The molecule has 2 aromatic carbocycles. The number of piperazine rings is 1. The molecule has 0 spiro atoms. The number of ether oxygens (including phenoxy) is 2. The number of benzene rings is 2. The van der Waals surface area contributed by atoms with E-state index in [0.29, 0.717) is 18.2 Å². The van der Waals surface area contributed by atoms with E-state index in [0.717, 1.165) is 62.9 Å². The second-order valence-electron chi connectivity index (χ2n) is 6.86. The van der Waals surface area contributed by atoms with Crippen molar-refractivity contribution in [1.29, 1.82) is 0 Å². The third kappa shape index (κ3) is 6.38. The Kier molecular flexibility index (Phi) is 8.42. The van der Waals surface area contributed by atoms with E-state index in [9.17, 15) is 0 Å². The van der Waals surface area contributed by atoms with Crippen LogP contribution in [-0.2, 0) is 13.2 Å². The number of rotatable bonds is 10. The van der Waals surface area contributed by atoms with Crippen molar-refractivity contribution in [3.63, 3.8) is 0 Å². The third-order valence-corrected chi connectivity index (χ3v) is 5.16. The average Bonchev–Trinajstić information content (AvgIpc) is 2.73. The summed E-state index contributed by atoms with van der Waals surface area (Å²) in [6, 6.07) is 13.9. The topological polar surface area (TPSA) is 45.8 Å². The van der Waals surface area contributed by atoms with E-state index in [1.54, 1.807) is 0 Å². The van der Waals surface area contributed by atoms with Crippen molar-refractivity contribution < 1.29 is 9.47 Å². The lowest BCUT2D eigenvalue weighted by Crippen LogP contribution is -2.45. The SMILES string of the molecule is CCOc1cc(CNCCN2CCNCC2)ccc1OCc1ccccc1Cl. The minimum absolute atomic E-state index is 0.419. The Hall–Kier alpha value is -1.79. The lowest BCUT2D eigenvalue weighted by molar-refractivity contribution is 0.241. The summed E-state index contributed by atoms with van der Waals surface area (Å²) < 4.78 is 11.8. The molecule has 0 radical (unpaired) electrons. The molecule has 0 saturated carbocycles. The van der Waals surface area contributed by atoms with Gasteiger partial charge in [-0.05, 0) is 30.7 Å². The van der Waals surface area contributed by atoms with E-state index in [1.165, 1.54) is 5.56 Å². The molecule has 0 unspecified atom stereocenters. The normalized spacial score (nSPS) is 14.8. The monoisotopic (exact) mass is 403 g/mol. The standard InChI is InChI=1S/C22H30ClN3O2/c1-2-27-22-15-18(16-25-11-14-26-12-9-24-10-13-26)7-8-21(22)28-17-19-5-3-4-6-20(19)23/h3-8,15,24-25H,2,9-14,16-17H2,1H3. The Morgan fingerprint density at radius 3 is 2.68 bits per heavy atom. The Morgan fingerprint density at radius 1 is 1.07 bits per heavy atom. The zero-order valence-corrected chi connectivity index (χ0v) is 17.3. The van der Waals surface area contributed by atoms with Crippen LogP contribution in [0.5, 0.6) is 11.5 Å². The summed E-state index contributed by atoms with van der Waals surface area (Å²) in [5, 5.41) is 7.62. The highest BCUT2D eigenvalue weighted by Crippen LogP contribution is 2.30. The zero-order chi connectivity index (χ0) is 19.6. The van der Waals surface area contributed by atoms with Gasteiger partial charge in [-0.25, -0.2) is 0 Å². The molecule has 1 heterocycles. The van der Waals surface area contributed by atoms with E-state index in [-0.39, 0.29) is 0 Å². The van der Waals surface area contributed by atoms with Gasteiger partial charge in [0.05, 0.1) is 6.61 Å². The van der Waals surface area contributed by atoms with Crippen LogP contribution in [0.15, 0.2) is 42.5 Å². The van der Waals surface area contributed by atoms with Gasteiger partial charge in [0.1, 0.15) is 6.61 Å². The maximum absolute atomic E-state index is 6.22. The first-order chi connectivity index (χ1) is 13.8. The number of nitrogens with one attached hydrogen (secondary N) is 2. The highest BCUT2D eigenvalue weighted by molar-refractivity contribution is 6.31. The smallest absolute Gasteiger partial charge is 0.161 e. The summed E-state index contributed by atoms with van der Waals surface area (Å²) in [5.41, 5.74) is 2.15. The quantitative estimate of drug-likeness (QED) is 0.596. The zero-order valence-electron chi connectivity index (χ0n) is 16.5. The van der Waals surface area contributed by atoms with Gasteiger partial charge in [-0.15, -0.1) is 0 Å². The Balaban J connectivity index is 1.52. The van der Waals surface area contributed by atoms with Crippen LogP contribution in [0.3, 0.4) is 0 Å². The van der Waals surface area contributed by atoms with Crippen LogP contribution in [0.25, 0.3) is 0 Å². The van der Waals surface area contributed by atoms with Crippen LogP contribution < -0.4 is 20.1 Å². The van der Waals surface area contributed by atoms with Crippen LogP contribution in [-0.4, -0.2) is 50.8 Å². The maximum atomic E-state index is 6.22. The van der Waals surface area contributed by atoms with Gasteiger partial charge >= 0.3 is 0 Å². The second kappa shape index (κ2) is 11.3. The highest BCUT2D eigenvalue weighted by Gasteiger charge is 2.10. The first-order valence-electron chi connectivity index (χ1n) is 10.0. The Labute approximate surface area is 173 Å².